The number of amides is 4. The Bertz CT molecular complexity index is 890. The lowest BCUT2D eigenvalue weighted by Gasteiger charge is -2.34. The van der Waals surface area contributed by atoms with Gasteiger partial charge in [0, 0.05) is 50.6 Å². The number of aryl methyl sites for hydroxylation is 2. The fourth-order valence-electron chi connectivity index (χ4n) is 3.11. The van der Waals surface area contributed by atoms with Crippen LogP contribution in [0.3, 0.4) is 0 Å². The molecule has 154 valence electrons. The molecular formula is C20H25N5O3S. The number of rotatable bonds is 5. The molecule has 0 spiro atoms. The highest BCUT2D eigenvalue weighted by molar-refractivity contribution is 7.13. The molecule has 0 unspecified atom stereocenters. The molecule has 0 radical (unpaired) electrons. The van der Waals surface area contributed by atoms with Crippen LogP contribution < -0.4 is 10.6 Å². The number of carbonyl (C=O) groups is 3. The van der Waals surface area contributed by atoms with Gasteiger partial charge in [0.25, 0.3) is 0 Å². The third-order valence-electron chi connectivity index (χ3n) is 4.84. The summed E-state index contributed by atoms with van der Waals surface area (Å²) >= 11 is 1.33. The zero-order chi connectivity index (χ0) is 20.8. The highest BCUT2D eigenvalue weighted by Crippen LogP contribution is 2.18. The molecular weight excluding hydrogens is 390 g/mol. The van der Waals surface area contributed by atoms with Crippen molar-refractivity contribution in [3.63, 3.8) is 0 Å². The Kier molecular flexibility index (Phi) is 6.82. The van der Waals surface area contributed by atoms with Gasteiger partial charge < -0.3 is 15.1 Å². The van der Waals surface area contributed by atoms with Crippen molar-refractivity contribution in [1.82, 2.24) is 14.8 Å². The largest absolute Gasteiger partial charge is 0.339 e. The molecule has 8 nitrogen and oxygen atoms in total. The van der Waals surface area contributed by atoms with Crippen LogP contribution >= 0.6 is 11.3 Å². The van der Waals surface area contributed by atoms with E-state index in [0.29, 0.717) is 44.2 Å². The smallest absolute Gasteiger partial charge is 0.325 e. The van der Waals surface area contributed by atoms with Crippen LogP contribution in [-0.2, 0) is 16.0 Å². The Balaban J connectivity index is 1.44. The number of piperazine rings is 1. The number of hydrogen-bond acceptors (Lipinski definition) is 5. The molecule has 9 heteroatoms. The highest BCUT2D eigenvalue weighted by atomic mass is 32.1. The summed E-state index contributed by atoms with van der Waals surface area (Å²) < 4.78 is 0. The van der Waals surface area contributed by atoms with Crippen molar-refractivity contribution in [3.05, 3.63) is 40.9 Å². The van der Waals surface area contributed by atoms with E-state index in [4.69, 9.17) is 0 Å². The van der Waals surface area contributed by atoms with E-state index in [-0.39, 0.29) is 17.8 Å². The van der Waals surface area contributed by atoms with Gasteiger partial charge in [0.15, 0.2) is 5.13 Å². The average Bonchev–Trinajstić information content (AvgIpc) is 3.15. The van der Waals surface area contributed by atoms with Gasteiger partial charge in [0.2, 0.25) is 11.8 Å². The zero-order valence-electron chi connectivity index (χ0n) is 16.6. The third kappa shape index (κ3) is 5.77. The van der Waals surface area contributed by atoms with Crippen LogP contribution in [0.4, 0.5) is 15.6 Å². The Hall–Kier alpha value is -2.94. The summed E-state index contributed by atoms with van der Waals surface area (Å²) in [5.41, 5.74) is 2.50. The number of thiazole rings is 1. The van der Waals surface area contributed by atoms with Gasteiger partial charge in [0.1, 0.15) is 0 Å². The number of nitrogens with zero attached hydrogens (tertiary/aromatic N) is 3. The Morgan fingerprint density at radius 1 is 1.07 bits per heavy atom. The molecule has 1 aromatic heterocycles. The average molecular weight is 416 g/mol. The molecule has 0 aliphatic carbocycles. The Morgan fingerprint density at radius 2 is 1.76 bits per heavy atom. The summed E-state index contributed by atoms with van der Waals surface area (Å²) in [5, 5.41) is 7.88. The van der Waals surface area contributed by atoms with Gasteiger partial charge in [-0.2, -0.15) is 0 Å². The first-order chi connectivity index (χ1) is 13.9. The number of nitrogens with one attached hydrogen (secondary N) is 2. The number of hydrogen-bond donors (Lipinski definition) is 2. The summed E-state index contributed by atoms with van der Waals surface area (Å²) in [6, 6.07) is 7.19. The number of para-hydroxylation sites is 1. The van der Waals surface area contributed by atoms with Crippen molar-refractivity contribution >= 4 is 40.0 Å². The first-order valence-corrected chi connectivity index (χ1v) is 10.4. The van der Waals surface area contributed by atoms with Crippen LogP contribution in [0.2, 0.25) is 0 Å². The molecule has 0 atom stereocenters. The molecule has 29 heavy (non-hydrogen) atoms. The van der Waals surface area contributed by atoms with Crippen LogP contribution in [0.25, 0.3) is 0 Å². The molecule has 1 aliphatic rings. The number of anilines is 2. The lowest BCUT2D eigenvalue weighted by atomic mass is 10.2. The van der Waals surface area contributed by atoms with Crippen LogP contribution in [-0.4, -0.2) is 58.8 Å². The van der Waals surface area contributed by atoms with Gasteiger partial charge >= 0.3 is 6.03 Å². The Labute approximate surface area is 173 Å². The number of benzene rings is 1. The van der Waals surface area contributed by atoms with Crippen molar-refractivity contribution in [2.45, 2.75) is 26.7 Å². The molecule has 1 aromatic carbocycles. The van der Waals surface area contributed by atoms with E-state index in [9.17, 15) is 14.4 Å². The molecule has 2 aromatic rings. The van der Waals surface area contributed by atoms with Crippen LogP contribution in [0.1, 0.15) is 24.6 Å². The molecule has 2 heterocycles. The van der Waals surface area contributed by atoms with Gasteiger partial charge in [-0.1, -0.05) is 18.2 Å². The molecule has 2 N–H and O–H groups in total. The van der Waals surface area contributed by atoms with E-state index >= 15 is 0 Å². The minimum absolute atomic E-state index is 0.0473. The predicted molar refractivity (Wildman–Crippen MR) is 113 cm³/mol. The van der Waals surface area contributed by atoms with Crippen molar-refractivity contribution in [3.8, 4) is 0 Å². The van der Waals surface area contributed by atoms with E-state index in [2.05, 4.69) is 15.6 Å². The zero-order valence-corrected chi connectivity index (χ0v) is 17.4. The SMILES string of the molecule is CC(=O)N1CCN(C(=O)CCc2csc(NC(=O)Nc3ccccc3C)n2)CC1. The third-order valence-corrected chi connectivity index (χ3v) is 5.64. The summed E-state index contributed by atoms with van der Waals surface area (Å²) in [7, 11) is 0. The first-order valence-electron chi connectivity index (χ1n) is 9.53. The second kappa shape index (κ2) is 9.51. The monoisotopic (exact) mass is 415 g/mol. The lowest BCUT2D eigenvalue weighted by molar-refractivity contribution is -0.138. The van der Waals surface area contributed by atoms with Crippen molar-refractivity contribution in [2.75, 3.05) is 36.8 Å². The first kappa shape index (κ1) is 20.8. The minimum Gasteiger partial charge on any atom is -0.339 e. The number of urea groups is 1. The van der Waals surface area contributed by atoms with Crippen molar-refractivity contribution in [2.24, 2.45) is 0 Å². The normalized spacial score (nSPS) is 13.9. The molecule has 3 rings (SSSR count). The van der Waals surface area contributed by atoms with Crippen molar-refractivity contribution < 1.29 is 14.4 Å². The maximum Gasteiger partial charge on any atom is 0.325 e. The van der Waals surface area contributed by atoms with E-state index in [0.717, 1.165) is 16.9 Å². The highest BCUT2D eigenvalue weighted by Gasteiger charge is 2.22. The van der Waals surface area contributed by atoms with E-state index < -0.39 is 0 Å². The second-order valence-corrected chi connectivity index (χ2v) is 7.78. The van der Waals surface area contributed by atoms with E-state index in [1.165, 1.54) is 11.3 Å². The molecule has 1 fully saturated rings. The lowest BCUT2D eigenvalue weighted by Crippen LogP contribution is -2.50. The quantitative estimate of drug-likeness (QED) is 0.785. The molecule has 0 saturated carbocycles. The van der Waals surface area contributed by atoms with Gasteiger partial charge in [-0.25, -0.2) is 9.78 Å². The predicted octanol–water partition coefficient (Wildman–Crippen LogP) is 2.72. The fraction of sp³-hybridized carbons (Fsp3) is 0.400. The van der Waals surface area contributed by atoms with E-state index in [1.807, 2.05) is 36.6 Å². The maximum atomic E-state index is 12.4. The molecule has 4 amide bonds. The van der Waals surface area contributed by atoms with Crippen molar-refractivity contribution in [1.29, 1.82) is 0 Å². The summed E-state index contributed by atoms with van der Waals surface area (Å²) in [6.07, 6.45) is 0.877. The number of aromatic nitrogens is 1. The summed E-state index contributed by atoms with van der Waals surface area (Å²) in [5.74, 6) is 0.110. The summed E-state index contributed by atoms with van der Waals surface area (Å²) in [4.78, 5) is 43.8. The van der Waals surface area contributed by atoms with Gasteiger partial charge in [0.05, 0.1) is 5.69 Å². The maximum absolute atomic E-state index is 12.4. The second-order valence-electron chi connectivity index (χ2n) is 6.92. The number of carbonyl (C=O) groups excluding carboxylic acids is 3. The standard InChI is InChI=1S/C20H25N5O3S/c1-14-5-3-4-6-17(14)22-19(28)23-20-21-16(13-29-20)7-8-18(27)25-11-9-24(10-12-25)15(2)26/h3-6,13H,7-12H2,1-2H3,(H2,21,22,23,28). The van der Waals surface area contributed by atoms with E-state index in [1.54, 1.807) is 16.7 Å². The molecule has 0 bridgehead atoms. The van der Waals surface area contributed by atoms with Gasteiger partial charge in [-0.15, -0.1) is 11.3 Å². The van der Waals surface area contributed by atoms with Crippen LogP contribution in [0.5, 0.6) is 0 Å². The molecule has 1 saturated heterocycles. The topological polar surface area (TPSA) is 94.6 Å². The molecule has 1 aliphatic heterocycles. The van der Waals surface area contributed by atoms with Crippen LogP contribution in [0, 0.1) is 6.92 Å². The summed E-state index contributed by atoms with van der Waals surface area (Å²) in [6.45, 7) is 5.78. The fourth-order valence-corrected chi connectivity index (χ4v) is 3.85. The van der Waals surface area contributed by atoms with Gasteiger partial charge in [-0.3, -0.25) is 14.9 Å². The van der Waals surface area contributed by atoms with Crippen LogP contribution in [0.15, 0.2) is 29.6 Å². The van der Waals surface area contributed by atoms with Gasteiger partial charge in [-0.05, 0) is 25.0 Å². The minimum atomic E-state index is -0.348. The Morgan fingerprint density at radius 3 is 2.45 bits per heavy atom.